The Morgan fingerprint density at radius 1 is 0.841 bits per heavy atom. The molecule has 0 bridgehead atoms. The molecule has 5 N–H and O–H groups in total. The van der Waals surface area contributed by atoms with Crippen LogP contribution in [0.5, 0.6) is 0 Å². The molecule has 3 atom stereocenters. The molecule has 1 aromatic rings. The highest BCUT2D eigenvalue weighted by atomic mass is 16.5. The van der Waals surface area contributed by atoms with E-state index in [0.717, 1.165) is 17.1 Å². The second-order valence-corrected chi connectivity index (χ2v) is 10.5. The molecule has 0 aromatic heterocycles. The number of carbonyl (C=O) groups excluding carboxylic acids is 7. The van der Waals surface area contributed by atoms with Gasteiger partial charge in [-0.3, -0.25) is 43.3 Å². The van der Waals surface area contributed by atoms with E-state index in [0.29, 0.717) is 11.3 Å². The van der Waals surface area contributed by atoms with Crippen LogP contribution >= 0.6 is 0 Å². The molecule has 0 unspecified atom stereocenters. The summed E-state index contributed by atoms with van der Waals surface area (Å²) in [6.07, 6.45) is 1.42. The molecule has 0 radical (unpaired) electrons. The van der Waals surface area contributed by atoms with Gasteiger partial charge in [0.1, 0.15) is 24.7 Å². The van der Waals surface area contributed by atoms with Gasteiger partial charge in [-0.1, -0.05) is 26.0 Å². The van der Waals surface area contributed by atoms with Crippen LogP contribution in [-0.4, -0.2) is 82.1 Å². The summed E-state index contributed by atoms with van der Waals surface area (Å²) < 4.78 is 4.90. The summed E-state index contributed by atoms with van der Waals surface area (Å²) in [7, 11) is 0. The molecule has 44 heavy (non-hydrogen) atoms. The van der Waals surface area contributed by atoms with Crippen molar-refractivity contribution in [1.29, 1.82) is 0 Å². The van der Waals surface area contributed by atoms with Crippen molar-refractivity contribution in [3.05, 3.63) is 42.0 Å². The van der Waals surface area contributed by atoms with Crippen LogP contribution in [0.1, 0.15) is 52.5 Å². The average Bonchev–Trinajstić information content (AvgIpc) is 3.26. The van der Waals surface area contributed by atoms with Gasteiger partial charge in [-0.15, -0.1) is 0 Å². The molecule has 0 aliphatic carbocycles. The molecule has 1 aromatic carbocycles. The van der Waals surface area contributed by atoms with Gasteiger partial charge in [0.2, 0.25) is 23.6 Å². The largest absolute Gasteiger partial charge is 0.481 e. The van der Waals surface area contributed by atoms with E-state index in [2.05, 4.69) is 21.3 Å². The van der Waals surface area contributed by atoms with Crippen molar-refractivity contribution >= 4 is 53.1 Å². The number of ether oxygens (including phenoxy) is 1. The number of nitrogens with one attached hydrogen (secondary N) is 4. The number of hydrogen-bond acceptors (Lipinski definition) is 9. The van der Waals surface area contributed by atoms with Gasteiger partial charge in [-0.2, -0.15) is 0 Å². The first-order chi connectivity index (χ1) is 20.7. The third-order valence-electron chi connectivity index (χ3n) is 6.25. The molecule has 238 valence electrons. The second kappa shape index (κ2) is 16.5. The summed E-state index contributed by atoms with van der Waals surface area (Å²) in [5.41, 5.74) is 0.953. The highest BCUT2D eigenvalue weighted by Gasteiger charge is 2.30. The van der Waals surface area contributed by atoms with Gasteiger partial charge >= 0.3 is 11.9 Å². The number of esters is 1. The molecule has 1 aliphatic heterocycles. The zero-order chi connectivity index (χ0) is 33.0. The van der Waals surface area contributed by atoms with Crippen molar-refractivity contribution in [3.8, 4) is 0 Å². The van der Waals surface area contributed by atoms with Crippen molar-refractivity contribution in [1.82, 2.24) is 20.9 Å². The van der Waals surface area contributed by atoms with Crippen LogP contribution in [0.4, 0.5) is 5.69 Å². The first kappa shape index (κ1) is 35.1. The molecule has 0 spiro atoms. The smallest absolute Gasteiger partial charge is 0.305 e. The van der Waals surface area contributed by atoms with Crippen molar-refractivity contribution < 1.29 is 48.2 Å². The number of benzene rings is 1. The van der Waals surface area contributed by atoms with Crippen LogP contribution < -0.4 is 21.3 Å². The first-order valence-electron chi connectivity index (χ1n) is 13.8. The zero-order valence-electron chi connectivity index (χ0n) is 24.9. The number of rotatable bonds is 16. The van der Waals surface area contributed by atoms with Gasteiger partial charge in [0.25, 0.3) is 11.8 Å². The molecule has 1 heterocycles. The van der Waals surface area contributed by atoms with E-state index in [4.69, 9.17) is 4.74 Å². The van der Waals surface area contributed by atoms with Crippen LogP contribution in [0.15, 0.2) is 36.4 Å². The van der Waals surface area contributed by atoms with E-state index in [1.165, 1.54) is 26.0 Å². The van der Waals surface area contributed by atoms with Gasteiger partial charge < -0.3 is 31.1 Å². The maximum Gasteiger partial charge on any atom is 0.305 e. The van der Waals surface area contributed by atoms with E-state index in [1.54, 1.807) is 12.1 Å². The van der Waals surface area contributed by atoms with E-state index in [1.807, 2.05) is 13.8 Å². The fourth-order valence-electron chi connectivity index (χ4n) is 3.99. The summed E-state index contributed by atoms with van der Waals surface area (Å²) in [4.78, 5) is 97.9. The Balaban J connectivity index is 1.98. The molecule has 0 saturated heterocycles. The highest BCUT2D eigenvalue weighted by Crippen LogP contribution is 2.12. The van der Waals surface area contributed by atoms with Gasteiger partial charge in [-0.25, -0.2) is 0 Å². The lowest BCUT2D eigenvalue weighted by Gasteiger charge is -2.24. The highest BCUT2D eigenvalue weighted by molar-refractivity contribution is 6.13. The van der Waals surface area contributed by atoms with Crippen LogP contribution in [-0.2, 0) is 49.7 Å². The minimum absolute atomic E-state index is 0.0326. The van der Waals surface area contributed by atoms with Crippen LogP contribution in [0.3, 0.4) is 0 Å². The Hall–Kier alpha value is -5.08. The number of imide groups is 1. The normalized spacial score (nSPS) is 14.4. The van der Waals surface area contributed by atoms with Crippen molar-refractivity contribution in [2.24, 2.45) is 5.92 Å². The summed E-state index contributed by atoms with van der Waals surface area (Å²) in [5.74, 6) is -5.88. The predicted molar refractivity (Wildman–Crippen MR) is 154 cm³/mol. The lowest BCUT2D eigenvalue weighted by Crippen LogP contribution is -2.55. The molecule has 15 nitrogen and oxygen atoms in total. The third-order valence-corrected chi connectivity index (χ3v) is 6.25. The topological polar surface area (TPSA) is 217 Å². The minimum atomic E-state index is -1.49. The monoisotopic (exact) mass is 615 g/mol. The van der Waals surface area contributed by atoms with E-state index < -0.39 is 71.9 Å². The number of carboxylic acids is 1. The van der Waals surface area contributed by atoms with Gasteiger partial charge in [0.15, 0.2) is 0 Å². The Kier molecular flexibility index (Phi) is 13.2. The fourth-order valence-corrected chi connectivity index (χ4v) is 3.99. The fraction of sp³-hybridized carbons (Fsp3) is 0.448. The zero-order valence-corrected chi connectivity index (χ0v) is 24.9. The first-order valence-corrected chi connectivity index (χ1v) is 13.8. The molecular weight excluding hydrogens is 578 g/mol. The number of amides is 6. The summed E-state index contributed by atoms with van der Waals surface area (Å²) in [6.45, 7) is 6.10. The van der Waals surface area contributed by atoms with Crippen LogP contribution in [0, 0.1) is 5.92 Å². The Bertz CT molecular complexity index is 1290. The standard InChI is InChI=1S/C29H37N5O10/c1-16(2)13-21(32-23(36)11-12-34-24(37)9-10-25(34)38)28(42)30-17(3)27(41)33-22(14-26(39)40)29(43)31-20-7-5-19(6-8-20)15-44-18(4)35/h5-10,16-17,21-22H,11-15H2,1-4H3,(H,30,42)(H,31,43)(H,32,36)(H,33,41)(H,39,40)/t17-,21+,22-/m0/s1. The lowest BCUT2D eigenvalue weighted by atomic mass is 10.0. The third kappa shape index (κ3) is 11.7. The summed E-state index contributed by atoms with van der Waals surface area (Å²) >= 11 is 0. The number of aliphatic carboxylic acids is 1. The Morgan fingerprint density at radius 3 is 2.00 bits per heavy atom. The predicted octanol–water partition coefficient (Wildman–Crippen LogP) is -0.00160. The van der Waals surface area contributed by atoms with Crippen LogP contribution in [0.25, 0.3) is 0 Å². The summed E-state index contributed by atoms with van der Waals surface area (Å²) in [5, 5.41) is 19.2. The van der Waals surface area contributed by atoms with E-state index in [9.17, 15) is 43.5 Å². The second-order valence-electron chi connectivity index (χ2n) is 10.5. The Labute approximate surface area is 253 Å². The molecule has 1 aliphatic rings. The summed E-state index contributed by atoms with van der Waals surface area (Å²) in [6, 6.07) is 2.45. The number of carbonyl (C=O) groups is 8. The SMILES string of the molecule is CC(=O)OCc1ccc(NC(=O)[C@H](CC(=O)O)NC(=O)[C@H](C)NC(=O)[C@@H](CC(C)C)NC(=O)CCN2C(=O)C=CC2=O)cc1. The average molecular weight is 616 g/mol. The van der Waals surface area contributed by atoms with Crippen molar-refractivity contribution in [3.63, 3.8) is 0 Å². The maximum absolute atomic E-state index is 13.0. The number of hydrogen-bond donors (Lipinski definition) is 5. The van der Waals surface area contributed by atoms with Gasteiger partial charge in [-0.05, 0) is 37.0 Å². The van der Waals surface area contributed by atoms with Crippen LogP contribution in [0.2, 0.25) is 0 Å². The van der Waals surface area contributed by atoms with Crippen molar-refractivity contribution in [2.75, 3.05) is 11.9 Å². The molecule has 0 saturated carbocycles. The quantitative estimate of drug-likeness (QED) is 0.124. The molecule has 15 heteroatoms. The molecule has 2 rings (SSSR count). The maximum atomic E-state index is 13.0. The molecule has 0 fully saturated rings. The van der Waals surface area contributed by atoms with E-state index in [-0.39, 0.29) is 31.9 Å². The number of carboxylic acid groups (broad SMARTS) is 1. The number of anilines is 1. The Morgan fingerprint density at radius 2 is 1.45 bits per heavy atom. The van der Waals surface area contributed by atoms with Gasteiger partial charge in [0.05, 0.1) is 6.42 Å². The lowest BCUT2D eigenvalue weighted by molar-refractivity contribution is -0.142. The van der Waals surface area contributed by atoms with E-state index >= 15 is 0 Å². The van der Waals surface area contributed by atoms with Crippen molar-refractivity contribution in [2.45, 2.75) is 71.7 Å². The number of nitrogens with zero attached hydrogens (tertiary/aromatic N) is 1. The molecular formula is C29H37N5O10. The van der Waals surface area contributed by atoms with Gasteiger partial charge in [0, 0.05) is 37.7 Å². The molecule has 6 amide bonds. The minimum Gasteiger partial charge on any atom is -0.481 e.